The summed E-state index contributed by atoms with van der Waals surface area (Å²) in [5.41, 5.74) is 2.48. The van der Waals surface area contributed by atoms with Crippen molar-refractivity contribution < 1.29 is 4.74 Å². The summed E-state index contributed by atoms with van der Waals surface area (Å²) >= 11 is 0. The molecule has 0 aliphatic heterocycles. The zero-order valence-electron chi connectivity index (χ0n) is 13.6. The van der Waals surface area contributed by atoms with E-state index in [9.17, 15) is 0 Å². The van der Waals surface area contributed by atoms with Crippen LogP contribution in [0.5, 0.6) is 5.75 Å². The third kappa shape index (κ3) is 4.49. The van der Waals surface area contributed by atoms with Gasteiger partial charge in [-0.1, -0.05) is 48.0 Å². The van der Waals surface area contributed by atoms with Gasteiger partial charge in [-0.15, -0.1) is 0 Å². The van der Waals surface area contributed by atoms with Crippen LogP contribution in [0.2, 0.25) is 0 Å². The molecule has 1 N–H and O–H groups in total. The van der Waals surface area contributed by atoms with Crippen molar-refractivity contribution in [2.45, 2.75) is 19.8 Å². The van der Waals surface area contributed by atoms with Gasteiger partial charge in [0.1, 0.15) is 5.75 Å². The molecule has 0 aliphatic carbocycles. The number of ether oxygens (including phenoxy) is 1. The number of rotatable bonds is 7. The number of hydrogen-bond acceptors (Lipinski definition) is 2. The highest BCUT2D eigenvalue weighted by atomic mass is 16.5. The van der Waals surface area contributed by atoms with Crippen molar-refractivity contribution in [3.8, 4) is 5.75 Å². The van der Waals surface area contributed by atoms with Gasteiger partial charge in [-0.05, 0) is 54.8 Å². The molecule has 118 valence electrons. The molecular weight excluding hydrogens is 282 g/mol. The van der Waals surface area contributed by atoms with Crippen LogP contribution in [-0.4, -0.2) is 13.2 Å². The van der Waals surface area contributed by atoms with Crippen molar-refractivity contribution in [3.63, 3.8) is 0 Å². The number of aryl methyl sites for hydroxylation is 1. The van der Waals surface area contributed by atoms with E-state index in [0.717, 1.165) is 31.7 Å². The number of anilines is 1. The van der Waals surface area contributed by atoms with Crippen LogP contribution in [0, 0.1) is 6.92 Å². The first-order valence-electron chi connectivity index (χ1n) is 8.23. The van der Waals surface area contributed by atoms with Gasteiger partial charge in [0.15, 0.2) is 0 Å². The van der Waals surface area contributed by atoms with Crippen molar-refractivity contribution in [3.05, 3.63) is 72.3 Å². The lowest BCUT2D eigenvalue weighted by Crippen LogP contribution is -2.04. The van der Waals surface area contributed by atoms with Gasteiger partial charge < -0.3 is 10.1 Å². The molecule has 0 bridgehead atoms. The quantitative estimate of drug-likeness (QED) is 0.588. The summed E-state index contributed by atoms with van der Waals surface area (Å²) < 4.78 is 5.85. The van der Waals surface area contributed by atoms with Crippen molar-refractivity contribution >= 4 is 16.5 Å². The van der Waals surface area contributed by atoms with Gasteiger partial charge >= 0.3 is 0 Å². The summed E-state index contributed by atoms with van der Waals surface area (Å²) in [5.74, 6) is 0.954. The van der Waals surface area contributed by atoms with Gasteiger partial charge in [0.25, 0.3) is 0 Å². The first-order chi connectivity index (χ1) is 11.3. The molecule has 0 saturated heterocycles. The molecule has 0 unspecified atom stereocenters. The number of fused-ring (bicyclic) bond motifs is 1. The van der Waals surface area contributed by atoms with Crippen molar-refractivity contribution in [2.75, 3.05) is 18.5 Å². The average molecular weight is 305 g/mol. The van der Waals surface area contributed by atoms with E-state index in [2.05, 4.69) is 72.9 Å². The zero-order chi connectivity index (χ0) is 15.9. The summed E-state index contributed by atoms with van der Waals surface area (Å²) in [6.45, 7) is 3.84. The third-order valence-corrected chi connectivity index (χ3v) is 3.94. The molecule has 0 saturated carbocycles. The molecule has 3 rings (SSSR count). The lowest BCUT2D eigenvalue weighted by Gasteiger charge is -2.09. The standard InChI is InChI=1S/C21H23NO/c1-17-8-11-20(12-9-17)22-14-4-5-15-23-21-13-10-18-6-2-3-7-19(18)16-21/h2-3,6-13,16,22H,4-5,14-15H2,1H3. The van der Waals surface area contributed by atoms with Gasteiger partial charge in [-0.2, -0.15) is 0 Å². The minimum atomic E-state index is 0.758. The van der Waals surface area contributed by atoms with E-state index in [4.69, 9.17) is 4.74 Å². The molecule has 3 aromatic rings. The van der Waals surface area contributed by atoms with Gasteiger partial charge in [0.05, 0.1) is 6.61 Å². The summed E-state index contributed by atoms with van der Waals surface area (Å²) in [7, 11) is 0. The summed E-state index contributed by atoms with van der Waals surface area (Å²) in [4.78, 5) is 0. The molecule has 3 aromatic carbocycles. The SMILES string of the molecule is Cc1ccc(NCCCCOc2ccc3ccccc3c2)cc1. The van der Waals surface area contributed by atoms with Crippen LogP contribution in [0.1, 0.15) is 18.4 Å². The van der Waals surface area contributed by atoms with E-state index in [-0.39, 0.29) is 0 Å². The fourth-order valence-electron chi connectivity index (χ4n) is 2.58. The van der Waals surface area contributed by atoms with Crippen LogP contribution in [0.4, 0.5) is 5.69 Å². The highest BCUT2D eigenvalue weighted by Crippen LogP contribution is 2.20. The average Bonchev–Trinajstić information content (AvgIpc) is 2.59. The van der Waals surface area contributed by atoms with E-state index in [0.29, 0.717) is 0 Å². The first-order valence-corrected chi connectivity index (χ1v) is 8.23. The van der Waals surface area contributed by atoms with E-state index in [1.165, 1.54) is 22.0 Å². The Labute approximate surface area is 138 Å². The molecule has 2 nitrogen and oxygen atoms in total. The Balaban J connectivity index is 1.38. The Morgan fingerprint density at radius 3 is 2.43 bits per heavy atom. The molecule has 23 heavy (non-hydrogen) atoms. The maximum Gasteiger partial charge on any atom is 0.119 e. The molecule has 0 spiro atoms. The van der Waals surface area contributed by atoms with E-state index in [1.54, 1.807) is 0 Å². The second-order valence-corrected chi connectivity index (χ2v) is 5.86. The van der Waals surface area contributed by atoms with E-state index in [1.807, 2.05) is 6.07 Å². The van der Waals surface area contributed by atoms with Crippen LogP contribution < -0.4 is 10.1 Å². The van der Waals surface area contributed by atoms with Crippen molar-refractivity contribution in [2.24, 2.45) is 0 Å². The number of unbranched alkanes of at least 4 members (excludes halogenated alkanes) is 1. The van der Waals surface area contributed by atoms with Crippen molar-refractivity contribution in [1.82, 2.24) is 0 Å². The van der Waals surface area contributed by atoms with Crippen LogP contribution in [0.25, 0.3) is 10.8 Å². The number of benzene rings is 3. The van der Waals surface area contributed by atoms with Gasteiger partial charge in [0, 0.05) is 12.2 Å². The minimum Gasteiger partial charge on any atom is -0.494 e. The topological polar surface area (TPSA) is 21.3 Å². The molecule has 2 heteroatoms. The Bertz CT molecular complexity index is 749. The predicted octanol–water partition coefficient (Wildman–Crippen LogP) is 5.42. The zero-order valence-corrected chi connectivity index (χ0v) is 13.6. The Morgan fingerprint density at radius 1 is 0.826 bits per heavy atom. The highest BCUT2D eigenvalue weighted by Gasteiger charge is 1.97. The normalized spacial score (nSPS) is 10.7. The second kappa shape index (κ2) is 7.68. The van der Waals surface area contributed by atoms with Gasteiger partial charge in [-0.3, -0.25) is 0 Å². The fourth-order valence-corrected chi connectivity index (χ4v) is 2.58. The van der Waals surface area contributed by atoms with E-state index >= 15 is 0 Å². The number of nitrogens with one attached hydrogen (secondary N) is 1. The second-order valence-electron chi connectivity index (χ2n) is 5.86. The Hall–Kier alpha value is -2.48. The molecule has 0 atom stereocenters. The fraction of sp³-hybridized carbons (Fsp3) is 0.238. The molecule has 0 radical (unpaired) electrons. The molecule has 0 amide bonds. The van der Waals surface area contributed by atoms with Gasteiger partial charge in [-0.25, -0.2) is 0 Å². The summed E-state index contributed by atoms with van der Waals surface area (Å²) in [5, 5.41) is 5.92. The molecule has 0 aromatic heterocycles. The van der Waals surface area contributed by atoms with Crippen molar-refractivity contribution in [1.29, 1.82) is 0 Å². The smallest absolute Gasteiger partial charge is 0.119 e. The molecular formula is C21H23NO. The molecule has 0 aliphatic rings. The van der Waals surface area contributed by atoms with Gasteiger partial charge in [0.2, 0.25) is 0 Å². The maximum absolute atomic E-state index is 5.85. The van der Waals surface area contributed by atoms with Crippen LogP contribution in [-0.2, 0) is 0 Å². The summed E-state index contributed by atoms with van der Waals surface area (Å²) in [6, 6.07) is 23.1. The van der Waals surface area contributed by atoms with Crippen LogP contribution >= 0.6 is 0 Å². The highest BCUT2D eigenvalue weighted by molar-refractivity contribution is 5.83. The lowest BCUT2D eigenvalue weighted by atomic mass is 10.1. The van der Waals surface area contributed by atoms with Crippen LogP contribution in [0.3, 0.4) is 0 Å². The largest absolute Gasteiger partial charge is 0.494 e. The maximum atomic E-state index is 5.85. The van der Waals surface area contributed by atoms with Crippen LogP contribution in [0.15, 0.2) is 66.7 Å². The lowest BCUT2D eigenvalue weighted by molar-refractivity contribution is 0.309. The Kier molecular flexibility index (Phi) is 5.15. The predicted molar refractivity (Wildman–Crippen MR) is 98.3 cm³/mol. The number of hydrogen-bond donors (Lipinski definition) is 1. The first kappa shape index (κ1) is 15.4. The van der Waals surface area contributed by atoms with E-state index < -0.39 is 0 Å². The molecule has 0 heterocycles. The minimum absolute atomic E-state index is 0.758. The third-order valence-electron chi connectivity index (χ3n) is 3.94. The monoisotopic (exact) mass is 305 g/mol. The summed E-state index contributed by atoms with van der Waals surface area (Å²) in [6.07, 6.45) is 2.15. The Morgan fingerprint density at radius 2 is 1.61 bits per heavy atom. The molecule has 0 fully saturated rings.